The van der Waals surface area contributed by atoms with Gasteiger partial charge in [-0.15, -0.1) is 0 Å². The molecule has 2 unspecified atom stereocenters. The third kappa shape index (κ3) is 1.71. The van der Waals surface area contributed by atoms with Crippen molar-refractivity contribution in [3.05, 3.63) is 23.5 Å². The summed E-state index contributed by atoms with van der Waals surface area (Å²) >= 11 is 0. The number of ketones is 1. The Morgan fingerprint density at radius 2 is 2.07 bits per heavy atom. The zero-order chi connectivity index (χ0) is 11.2. The molecule has 0 spiro atoms. The Morgan fingerprint density at radius 1 is 1.40 bits per heavy atom. The van der Waals surface area contributed by atoms with Crippen LogP contribution in [0.1, 0.15) is 20.3 Å². The van der Waals surface area contributed by atoms with Crippen molar-refractivity contribution in [3.8, 4) is 0 Å². The van der Waals surface area contributed by atoms with E-state index in [-0.39, 0.29) is 11.5 Å². The highest BCUT2D eigenvalue weighted by molar-refractivity contribution is 7.87. The van der Waals surface area contributed by atoms with Gasteiger partial charge in [-0.3, -0.25) is 4.79 Å². The van der Waals surface area contributed by atoms with E-state index in [2.05, 4.69) is 0 Å². The van der Waals surface area contributed by atoms with Crippen LogP contribution in [0.5, 0.6) is 0 Å². The average Bonchev–Trinajstić information content (AvgIpc) is 2.42. The van der Waals surface area contributed by atoms with Crippen LogP contribution in [0.15, 0.2) is 23.5 Å². The van der Waals surface area contributed by atoms with Crippen LogP contribution in [0.4, 0.5) is 0 Å². The number of hydrogen-bond donors (Lipinski definition) is 0. The van der Waals surface area contributed by atoms with Crippen molar-refractivity contribution >= 4 is 15.9 Å². The van der Waals surface area contributed by atoms with E-state index in [1.807, 2.05) is 6.92 Å². The standard InChI is InChI=1S/C10H12O4S/c1-6-3-8-9(11)5-7(2)14-15(12,13)10(8)4-6/h4-5,8,10H,3H2,1-2H3. The highest BCUT2D eigenvalue weighted by atomic mass is 32.2. The van der Waals surface area contributed by atoms with Crippen LogP contribution in [0.2, 0.25) is 0 Å². The zero-order valence-electron chi connectivity index (χ0n) is 8.56. The number of allylic oxidation sites excluding steroid dienone is 3. The second-order valence-electron chi connectivity index (χ2n) is 4.02. The van der Waals surface area contributed by atoms with Gasteiger partial charge in [-0.05, 0) is 20.3 Å². The van der Waals surface area contributed by atoms with Crippen LogP contribution in [-0.2, 0) is 19.1 Å². The van der Waals surface area contributed by atoms with Crippen LogP contribution in [0.3, 0.4) is 0 Å². The van der Waals surface area contributed by atoms with Gasteiger partial charge < -0.3 is 4.18 Å². The molecule has 0 aromatic heterocycles. The molecule has 2 atom stereocenters. The molecule has 5 heteroatoms. The average molecular weight is 228 g/mol. The summed E-state index contributed by atoms with van der Waals surface area (Å²) in [5, 5.41) is -0.807. The van der Waals surface area contributed by atoms with E-state index in [1.165, 1.54) is 13.0 Å². The maximum absolute atomic E-state index is 11.7. The lowest BCUT2D eigenvalue weighted by Crippen LogP contribution is -2.28. The number of carbonyl (C=O) groups is 1. The highest BCUT2D eigenvalue weighted by Crippen LogP contribution is 2.34. The molecule has 2 rings (SSSR count). The van der Waals surface area contributed by atoms with Crippen molar-refractivity contribution in [3.63, 3.8) is 0 Å². The van der Waals surface area contributed by atoms with Gasteiger partial charge in [0.1, 0.15) is 11.0 Å². The van der Waals surface area contributed by atoms with Crippen LogP contribution < -0.4 is 0 Å². The van der Waals surface area contributed by atoms with Crippen LogP contribution >= 0.6 is 0 Å². The normalized spacial score (nSPS) is 33.6. The molecule has 0 aromatic rings. The van der Waals surface area contributed by atoms with Crippen LogP contribution in [-0.4, -0.2) is 19.5 Å². The number of rotatable bonds is 0. The van der Waals surface area contributed by atoms with E-state index in [0.717, 1.165) is 5.57 Å². The van der Waals surface area contributed by atoms with Gasteiger partial charge in [0, 0.05) is 12.0 Å². The topological polar surface area (TPSA) is 60.4 Å². The van der Waals surface area contributed by atoms with Crippen LogP contribution in [0, 0.1) is 5.92 Å². The van der Waals surface area contributed by atoms with Crippen molar-refractivity contribution < 1.29 is 17.4 Å². The minimum absolute atomic E-state index is 0.153. The second kappa shape index (κ2) is 3.20. The first kappa shape index (κ1) is 10.4. The first-order chi connectivity index (χ1) is 6.90. The fourth-order valence-corrected chi connectivity index (χ4v) is 3.60. The van der Waals surface area contributed by atoms with E-state index < -0.39 is 21.3 Å². The van der Waals surface area contributed by atoms with Crippen molar-refractivity contribution in [2.45, 2.75) is 25.5 Å². The lowest BCUT2D eigenvalue weighted by molar-refractivity contribution is -0.117. The van der Waals surface area contributed by atoms with Gasteiger partial charge in [0.2, 0.25) is 0 Å². The summed E-state index contributed by atoms with van der Waals surface area (Å²) in [5.41, 5.74) is 0.929. The summed E-state index contributed by atoms with van der Waals surface area (Å²) in [6, 6.07) is 0. The molecule has 0 bridgehead atoms. The Labute approximate surface area is 88.7 Å². The molecule has 0 N–H and O–H groups in total. The Kier molecular flexibility index (Phi) is 2.22. The Balaban J connectivity index is 2.49. The molecule has 1 aliphatic heterocycles. The molecule has 82 valence electrons. The van der Waals surface area contributed by atoms with Crippen molar-refractivity contribution in [2.75, 3.05) is 0 Å². The van der Waals surface area contributed by atoms with Gasteiger partial charge in [0.05, 0.1) is 0 Å². The number of fused-ring (bicyclic) bond motifs is 1. The summed E-state index contributed by atoms with van der Waals surface area (Å²) in [6.45, 7) is 3.31. The summed E-state index contributed by atoms with van der Waals surface area (Å²) in [7, 11) is -3.68. The minimum atomic E-state index is -3.68. The van der Waals surface area contributed by atoms with E-state index in [4.69, 9.17) is 4.18 Å². The molecule has 4 nitrogen and oxygen atoms in total. The van der Waals surface area contributed by atoms with Crippen molar-refractivity contribution in [2.24, 2.45) is 5.92 Å². The molecule has 0 saturated carbocycles. The van der Waals surface area contributed by atoms with Crippen LogP contribution in [0.25, 0.3) is 0 Å². The largest absolute Gasteiger partial charge is 0.387 e. The smallest absolute Gasteiger partial charge is 0.316 e. The highest BCUT2D eigenvalue weighted by Gasteiger charge is 2.42. The third-order valence-corrected chi connectivity index (χ3v) is 4.31. The molecule has 0 aromatic carbocycles. The molecule has 0 amide bonds. The molecule has 0 radical (unpaired) electrons. The molecule has 1 heterocycles. The lowest BCUT2D eigenvalue weighted by Gasteiger charge is -2.13. The summed E-state index contributed by atoms with van der Waals surface area (Å²) in [5.74, 6) is -0.500. The van der Waals surface area contributed by atoms with E-state index in [9.17, 15) is 13.2 Å². The number of carbonyl (C=O) groups excluding carboxylic acids is 1. The quantitative estimate of drug-likeness (QED) is 0.461. The van der Waals surface area contributed by atoms with Gasteiger partial charge in [-0.1, -0.05) is 11.6 Å². The van der Waals surface area contributed by atoms with E-state index in [0.29, 0.717) is 6.42 Å². The fourth-order valence-electron chi connectivity index (χ4n) is 2.04. The zero-order valence-corrected chi connectivity index (χ0v) is 9.37. The predicted molar refractivity (Wildman–Crippen MR) is 54.4 cm³/mol. The summed E-state index contributed by atoms with van der Waals surface area (Å²) < 4.78 is 28.2. The summed E-state index contributed by atoms with van der Waals surface area (Å²) in [6.07, 6.45) is 3.40. The Bertz CT molecular complexity index is 470. The maximum Gasteiger partial charge on any atom is 0.316 e. The SMILES string of the molecule is CC1=CC2C(C1)C(=O)C=C(C)OS2(=O)=O. The molecule has 15 heavy (non-hydrogen) atoms. The fraction of sp³-hybridized carbons (Fsp3) is 0.500. The summed E-state index contributed by atoms with van der Waals surface area (Å²) in [4.78, 5) is 11.7. The second-order valence-corrected chi connectivity index (χ2v) is 5.72. The molecule has 0 fully saturated rings. The lowest BCUT2D eigenvalue weighted by atomic mass is 9.99. The molecule has 2 aliphatic rings. The number of hydrogen-bond acceptors (Lipinski definition) is 4. The third-order valence-electron chi connectivity index (χ3n) is 2.68. The molecule has 0 saturated heterocycles. The van der Waals surface area contributed by atoms with Gasteiger partial charge in [0.15, 0.2) is 5.78 Å². The van der Waals surface area contributed by atoms with Crippen molar-refractivity contribution in [1.29, 1.82) is 0 Å². The van der Waals surface area contributed by atoms with Gasteiger partial charge >= 0.3 is 10.1 Å². The first-order valence-corrected chi connectivity index (χ1v) is 6.20. The van der Waals surface area contributed by atoms with Gasteiger partial charge in [-0.2, -0.15) is 8.42 Å². The molecule has 1 aliphatic carbocycles. The van der Waals surface area contributed by atoms with Crippen molar-refractivity contribution in [1.82, 2.24) is 0 Å². The Morgan fingerprint density at radius 3 is 2.73 bits per heavy atom. The predicted octanol–water partition coefficient (Wildman–Crippen LogP) is 1.15. The van der Waals surface area contributed by atoms with E-state index in [1.54, 1.807) is 6.08 Å². The monoisotopic (exact) mass is 228 g/mol. The van der Waals surface area contributed by atoms with Gasteiger partial charge in [0.25, 0.3) is 0 Å². The molecular formula is C10H12O4S. The van der Waals surface area contributed by atoms with Gasteiger partial charge in [-0.25, -0.2) is 0 Å². The molecular weight excluding hydrogens is 216 g/mol. The minimum Gasteiger partial charge on any atom is -0.387 e. The maximum atomic E-state index is 11.7. The first-order valence-electron chi connectivity index (χ1n) is 4.73. The van der Waals surface area contributed by atoms with E-state index >= 15 is 0 Å². The Hall–Kier alpha value is -1.10.